The van der Waals surface area contributed by atoms with E-state index in [0.29, 0.717) is 0 Å². The van der Waals surface area contributed by atoms with Gasteiger partial charge in [-0.1, -0.05) is 12.1 Å². The predicted octanol–water partition coefficient (Wildman–Crippen LogP) is 3.14. The van der Waals surface area contributed by atoms with Crippen molar-refractivity contribution in [3.8, 4) is 11.4 Å². The van der Waals surface area contributed by atoms with Gasteiger partial charge in [0.1, 0.15) is 0 Å². The Morgan fingerprint density at radius 3 is 1.59 bits per heavy atom. The molecule has 0 atom stereocenters. The van der Waals surface area contributed by atoms with Gasteiger partial charge in [0, 0.05) is 12.4 Å². The van der Waals surface area contributed by atoms with Gasteiger partial charge in [0.15, 0.2) is 0 Å². The van der Waals surface area contributed by atoms with E-state index in [2.05, 4.69) is 25.6 Å². The minimum absolute atomic E-state index is 0.915. The molecule has 0 N–H and O–H groups in total. The average molecular weight is 433 g/mol. The van der Waals surface area contributed by atoms with Gasteiger partial charge in [0.25, 0.3) is 0 Å². The van der Waals surface area contributed by atoms with Crippen LogP contribution < -0.4 is 0 Å². The summed E-state index contributed by atoms with van der Waals surface area (Å²) in [6, 6.07) is 11.6. The third-order valence-corrected chi connectivity index (χ3v) is 1.59. The number of pyridine rings is 2. The van der Waals surface area contributed by atoms with Crippen LogP contribution in [0.25, 0.3) is 11.4 Å². The van der Waals surface area contributed by atoms with Crippen molar-refractivity contribution in [3.63, 3.8) is 0 Å². The van der Waals surface area contributed by atoms with Crippen LogP contribution in [-0.4, -0.2) is 16.3 Å². The molecule has 0 fully saturated rings. The molecule has 2 heterocycles. The van der Waals surface area contributed by atoms with Gasteiger partial charge in [-0.3, -0.25) is 16.3 Å². The number of rotatable bonds is 1. The average Bonchev–Trinajstić information content (AvgIpc) is 2.44. The molecule has 0 bridgehead atoms. The maximum absolute atomic E-state index is 8.68. The minimum Gasteiger partial charge on any atom is -0.255 e. The molecule has 0 amide bonds. The number of halogens is 1. The van der Waals surface area contributed by atoms with Crippen molar-refractivity contribution < 1.29 is 20.4 Å². The van der Waals surface area contributed by atoms with Crippen molar-refractivity contribution in [2.75, 3.05) is 0 Å². The molecule has 0 aliphatic rings. The molecule has 92 valence electrons. The first-order valence-electron chi connectivity index (χ1n) is 4.61. The summed E-state index contributed by atoms with van der Waals surface area (Å²) in [4.78, 5) is 17.1. The summed E-state index contributed by atoms with van der Waals surface area (Å²) in [5, 5.41) is 0. The zero-order valence-electron chi connectivity index (χ0n) is 9.12. The van der Waals surface area contributed by atoms with Crippen molar-refractivity contribution in [1.29, 1.82) is 0 Å². The van der Waals surface area contributed by atoms with Crippen LogP contribution in [0.3, 0.4) is 0 Å². The smallest absolute Gasteiger partial charge is 0.0886 e. The van der Waals surface area contributed by atoms with Crippen LogP contribution in [0, 0.1) is 0 Å². The van der Waals surface area contributed by atoms with E-state index in [1.165, 1.54) is 13.2 Å². The standard InChI is InChI=1S/C10H8N2.C2H3O.HI.Pd/c1-3-7-11-9(5-1)10-6-2-4-8-12-10;1-2-3;;/h1-8H;1H3;1H;/q;-1;;+2/p-1. The van der Waals surface area contributed by atoms with Crippen molar-refractivity contribution in [2.45, 2.75) is 6.92 Å². The van der Waals surface area contributed by atoms with Crippen LogP contribution >= 0.6 is 19.5 Å². The van der Waals surface area contributed by atoms with Crippen LogP contribution in [0.2, 0.25) is 0 Å². The van der Waals surface area contributed by atoms with Gasteiger partial charge >= 0.3 is 35.1 Å². The molecule has 0 aliphatic carbocycles. The fourth-order valence-electron chi connectivity index (χ4n) is 1.03. The number of carbonyl (C=O) groups excluding carboxylic acids is 1. The predicted molar refractivity (Wildman–Crippen MR) is 72.9 cm³/mol. The second kappa shape index (κ2) is 11.8. The van der Waals surface area contributed by atoms with Crippen molar-refractivity contribution in [2.24, 2.45) is 0 Å². The molecule has 17 heavy (non-hydrogen) atoms. The molecule has 0 saturated carbocycles. The zero-order valence-corrected chi connectivity index (χ0v) is 12.8. The van der Waals surface area contributed by atoms with Gasteiger partial charge in [-0.15, -0.1) is 0 Å². The van der Waals surface area contributed by atoms with E-state index in [1.807, 2.05) is 55.9 Å². The second-order valence-corrected chi connectivity index (χ2v) is 2.63. The summed E-state index contributed by atoms with van der Waals surface area (Å²) in [5.74, 6) is 0. The Morgan fingerprint density at radius 1 is 1.00 bits per heavy atom. The van der Waals surface area contributed by atoms with E-state index in [9.17, 15) is 0 Å². The Labute approximate surface area is 122 Å². The Bertz CT molecular complexity index is 360. The van der Waals surface area contributed by atoms with Crippen molar-refractivity contribution in [3.05, 3.63) is 48.8 Å². The van der Waals surface area contributed by atoms with Gasteiger partial charge in [0.05, 0.1) is 11.4 Å². The maximum Gasteiger partial charge on any atom is 0.0886 e. The molecule has 0 radical (unpaired) electrons. The summed E-state index contributed by atoms with van der Waals surface area (Å²) >= 11 is 4.72. The van der Waals surface area contributed by atoms with Crippen molar-refractivity contribution in [1.82, 2.24) is 9.97 Å². The molecule has 0 saturated heterocycles. The molecule has 0 aliphatic heterocycles. The summed E-state index contributed by atoms with van der Waals surface area (Å²) < 4.78 is 0. The Morgan fingerprint density at radius 2 is 1.35 bits per heavy atom. The monoisotopic (exact) mass is 432 g/mol. The van der Waals surface area contributed by atoms with Crippen LogP contribution in [0.4, 0.5) is 0 Å². The largest absolute Gasteiger partial charge is 0.255 e. The number of hydrogen-bond acceptors (Lipinski definition) is 3. The minimum atomic E-state index is 0.915. The third kappa shape index (κ3) is 7.32. The van der Waals surface area contributed by atoms with Gasteiger partial charge in [-0.2, -0.15) is 6.92 Å². The quantitative estimate of drug-likeness (QED) is 0.395. The first-order valence-corrected chi connectivity index (χ1v) is 9.24. The third-order valence-electron chi connectivity index (χ3n) is 1.59. The van der Waals surface area contributed by atoms with Crippen molar-refractivity contribution >= 4 is 25.8 Å². The van der Waals surface area contributed by atoms with E-state index >= 15 is 0 Å². The van der Waals surface area contributed by atoms with Gasteiger partial charge in [-0.05, 0) is 24.3 Å². The van der Waals surface area contributed by atoms with E-state index in [4.69, 9.17) is 4.79 Å². The first kappa shape index (κ1) is 16.4. The van der Waals surface area contributed by atoms with Gasteiger partial charge in [-0.25, -0.2) is 0 Å². The molecule has 0 aromatic carbocycles. The Kier molecular flexibility index (Phi) is 11.4. The number of aromatic nitrogens is 2. The molecule has 5 heteroatoms. The summed E-state index contributed by atoms with van der Waals surface area (Å²) in [5.41, 5.74) is 1.83. The molecule has 2 aromatic heterocycles. The van der Waals surface area contributed by atoms with E-state index < -0.39 is 0 Å². The van der Waals surface area contributed by atoms with E-state index in [-0.39, 0.29) is 0 Å². The normalized spacial score (nSPS) is 8.00. The first-order chi connectivity index (χ1) is 8.38. The van der Waals surface area contributed by atoms with E-state index in [1.54, 1.807) is 12.4 Å². The van der Waals surface area contributed by atoms with Crippen LogP contribution in [0.5, 0.6) is 0 Å². The van der Waals surface area contributed by atoms with Crippen LogP contribution in [0.1, 0.15) is 6.92 Å². The van der Waals surface area contributed by atoms with Gasteiger partial charge < -0.3 is 4.79 Å². The fraction of sp³-hybridized carbons (Fsp3) is 0.0833. The van der Waals surface area contributed by atoms with Crippen LogP contribution in [-0.2, 0) is 20.4 Å². The molecule has 3 nitrogen and oxygen atoms in total. The van der Waals surface area contributed by atoms with E-state index in [0.717, 1.165) is 11.4 Å². The van der Waals surface area contributed by atoms with Crippen LogP contribution in [0.15, 0.2) is 48.8 Å². The molecule has 2 aromatic rings. The number of nitrogens with zero attached hydrogens (tertiary/aromatic N) is 2. The molecule has 0 spiro atoms. The number of hydrogen-bond donors (Lipinski definition) is 0. The summed E-state index contributed by atoms with van der Waals surface area (Å²) in [7, 11) is 0. The topological polar surface area (TPSA) is 42.9 Å². The fourth-order valence-corrected chi connectivity index (χ4v) is 1.03. The maximum atomic E-state index is 8.68. The Balaban J connectivity index is 0.000000450. The summed E-state index contributed by atoms with van der Waals surface area (Å²) in [6.07, 6.45) is 5.04. The molecule has 2 rings (SSSR count). The summed E-state index contributed by atoms with van der Waals surface area (Å²) in [6.45, 7) is 1.32. The Hall–Kier alpha value is -0.638. The zero-order chi connectivity index (χ0) is 12.9. The molecular formula is C12H11IN2OPd. The molecule has 0 unspecified atom stereocenters. The second-order valence-electron chi connectivity index (χ2n) is 2.63. The molecular weight excluding hydrogens is 421 g/mol. The SMILES string of the molecule is C[C-]=O.[Pd+][I].c1ccc(-c2ccccn2)nc1. The van der Waals surface area contributed by atoms with Gasteiger partial charge in [0.2, 0.25) is 0 Å².